The zero-order chi connectivity index (χ0) is 14.7. The van der Waals surface area contributed by atoms with Gasteiger partial charge >= 0.3 is 0 Å². The topological polar surface area (TPSA) is 35.2 Å². The van der Waals surface area contributed by atoms with E-state index in [9.17, 15) is 0 Å². The zero-order valence-electron chi connectivity index (χ0n) is 12.0. The monoisotopic (exact) mass is 309 g/mol. The van der Waals surface area contributed by atoms with Crippen molar-refractivity contribution in [1.29, 1.82) is 0 Å². The largest absolute Gasteiger partial charge is 0.483 e. The molecule has 0 amide bonds. The van der Waals surface area contributed by atoms with Gasteiger partial charge in [0, 0.05) is 10.9 Å². The number of benzene rings is 1. The van der Waals surface area contributed by atoms with Crippen LogP contribution in [0.3, 0.4) is 0 Å². The van der Waals surface area contributed by atoms with E-state index in [4.69, 9.17) is 22.1 Å². The summed E-state index contributed by atoms with van der Waals surface area (Å²) in [5, 5.41) is 0. The van der Waals surface area contributed by atoms with E-state index in [0.717, 1.165) is 26.9 Å². The van der Waals surface area contributed by atoms with Crippen LogP contribution in [0, 0.1) is 13.8 Å². The summed E-state index contributed by atoms with van der Waals surface area (Å²) in [5.74, 6) is 0.892. The first-order chi connectivity index (χ1) is 9.52. The summed E-state index contributed by atoms with van der Waals surface area (Å²) in [7, 11) is 0. The maximum atomic E-state index is 6.23. The highest BCUT2D eigenvalue weighted by atomic mass is 35.5. The highest BCUT2D eigenvalue weighted by Gasteiger charge is 2.23. The van der Waals surface area contributed by atoms with Gasteiger partial charge < -0.3 is 10.5 Å². The summed E-state index contributed by atoms with van der Waals surface area (Å²) in [5.41, 5.74) is 8.61. The standard InChI is InChI=1S/C16H20ClNOS/c1-4-12(18)16(14-8-9-15(17)20-14)19-13-7-5-6-10(2)11(13)3/h5-9,12,16H,4,18H2,1-3H3. The molecule has 0 saturated carbocycles. The van der Waals surface area contributed by atoms with Crippen LogP contribution >= 0.6 is 22.9 Å². The third kappa shape index (κ3) is 3.35. The summed E-state index contributed by atoms with van der Waals surface area (Å²) in [6.45, 7) is 6.22. The van der Waals surface area contributed by atoms with Gasteiger partial charge in [0.15, 0.2) is 0 Å². The average Bonchev–Trinajstić information content (AvgIpc) is 2.86. The molecule has 0 spiro atoms. The molecule has 4 heteroatoms. The molecule has 0 aliphatic carbocycles. The number of ether oxygens (including phenoxy) is 1. The third-order valence-corrected chi connectivity index (χ3v) is 4.84. The molecule has 1 aromatic carbocycles. The Morgan fingerprint density at radius 2 is 2.00 bits per heavy atom. The summed E-state index contributed by atoms with van der Waals surface area (Å²) < 4.78 is 6.97. The second-order valence-electron chi connectivity index (χ2n) is 4.95. The van der Waals surface area contributed by atoms with E-state index >= 15 is 0 Å². The molecule has 0 fully saturated rings. The van der Waals surface area contributed by atoms with Crippen molar-refractivity contribution in [3.8, 4) is 5.75 Å². The Balaban J connectivity index is 2.31. The fourth-order valence-corrected chi connectivity index (χ4v) is 3.21. The number of hydrogen-bond donors (Lipinski definition) is 1. The molecule has 108 valence electrons. The van der Waals surface area contributed by atoms with Crippen LogP contribution in [0.1, 0.15) is 35.5 Å². The van der Waals surface area contributed by atoms with Crippen LogP contribution in [0.2, 0.25) is 4.34 Å². The number of rotatable bonds is 5. The van der Waals surface area contributed by atoms with Crippen LogP contribution in [0.4, 0.5) is 0 Å². The van der Waals surface area contributed by atoms with Gasteiger partial charge in [-0.15, -0.1) is 11.3 Å². The highest BCUT2D eigenvalue weighted by molar-refractivity contribution is 7.16. The molecule has 0 radical (unpaired) electrons. The lowest BCUT2D eigenvalue weighted by Gasteiger charge is -2.24. The third-order valence-electron chi connectivity index (χ3n) is 3.54. The molecule has 0 aliphatic rings. The van der Waals surface area contributed by atoms with Crippen LogP contribution in [-0.4, -0.2) is 6.04 Å². The summed E-state index contributed by atoms with van der Waals surface area (Å²) >= 11 is 7.56. The van der Waals surface area contributed by atoms with E-state index in [0.29, 0.717) is 0 Å². The molecule has 2 unspecified atom stereocenters. The predicted molar refractivity (Wildman–Crippen MR) is 86.9 cm³/mol. The Morgan fingerprint density at radius 3 is 2.60 bits per heavy atom. The van der Waals surface area contributed by atoms with E-state index < -0.39 is 0 Å². The molecule has 2 aromatic rings. The molecule has 2 atom stereocenters. The van der Waals surface area contributed by atoms with Gasteiger partial charge in [0.1, 0.15) is 11.9 Å². The minimum absolute atomic E-state index is 0.0513. The van der Waals surface area contributed by atoms with Gasteiger partial charge in [0.2, 0.25) is 0 Å². The van der Waals surface area contributed by atoms with Gasteiger partial charge in [0.05, 0.1) is 4.34 Å². The summed E-state index contributed by atoms with van der Waals surface area (Å²) in [6.07, 6.45) is 0.698. The normalized spacial score (nSPS) is 14.1. The molecule has 2 rings (SSSR count). The molecular weight excluding hydrogens is 290 g/mol. The molecule has 0 aliphatic heterocycles. The van der Waals surface area contributed by atoms with Crippen molar-refractivity contribution < 1.29 is 4.74 Å². The van der Waals surface area contributed by atoms with Crippen LogP contribution in [0.5, 0.6) is 5.75 Å². The quantitative estimate of drug-likeness (QED) is 0.854. The number of aryl methyl sites for hydroxylation is 1. The van der Waals surface area contributed by atoms with Crippen molar-refractivity contribution >= 4 is 22.9 Å². The Hall–Kier alpha value is -1.03. The van der Waals surface area contributed by atoms with Gasteiger partial charge in [0.25, 0.3) is 0 Å². The van der Waals surface area contributed by atoms with Crippen LogP contribution in [-0.2, 0) is 0 Å². The molecule has 1 heterocycles. The number of thiophene rings is 1. The first-order valence-corrected chi connectivity index (χ1v) is 7.96. The van der Waals surface area contributed by atoms with E-state index in [2.05, 4.69) is 26.8 Å². The summed E-state index contributed by atoms with van der Waals surface area (Å²) in [6, 6.07) is 9.92. The van der Waals surface area contributed by atoms with Crippen LogP contribution in [0.25, 0.3) is 0 Å². The van der Waals surface area contributed by atoms with Crippen molar-refractivity contribution in [1.82, 2.24) is 0 Å². The average molecular weight is 310 g/mol. The minimum atomic E-state index is -0.155. The van der Waals surface area contributed by atoms with Crippen molar-refractivity contribution in [3.05, 3.63) is 50.7 Å². The molecular formula is C16H20ClNOS. The van der Waals surface area contributed by atoms with Crippen LogP contribution < -0.4 is 10.5 Å². The molecule has 20 heavy (non-hydrogen) atoms. The second-order valence-corrected chi connectivity index (χ2v) is 6.70. The number of halogens is 1. The van der Waals surface area contributed by atoms with Gasteiger partial charge in [-0.3, -0.25) is 0 Å². The lowest BCUT2D eigenvalue weighted by Crippen LogP contribution is -2.31. The van der Waals surface area contributed by atoms with Gasteiger partial charge in [-0.2, -0.15) is 0 Å². The number of hydrogen-bond acceptors (Lipinski definition) is 3. The predicted octanol–water partition coefficient (Wildman–Crippen LogP) is 4.88. The lowest BCUT2D eigenvalue weighted by atomic mass is 10.1. The summed E-state index contributed by atoms with van der Waals surface area (Å²) in [4.78, 5) is 1.07. The SMILES string of the molecule is CCC(N)C(Oc1cccc(C)c1C)c1ccc(Cl)s1. The number of nitrogens with two attached hydrogens (primary N) is 1. The lowest BCUT2D eigenvalue weighted by molar-refractivity contribution is 0.173. The Labute approximate surface area is 129 Å². The van der Waals surface area contributed by atoms with Gasteiger partial charge in [-0.25, -0.2) is 0 Å². The fraction of sp³-hybridized carbons (Fsp3) is 0.375. The van der Waals surface area contributed by atoms with Crippen molar-refractivity contribution in [3.63, 3.8) is 0 Å². The minimum Gasteiger partial charge on any atom is -0.483 e. The molecule has 2 nitrogen and oxygen atoms in total. The van der Waals surface area contributed by atoms with E-state index in [1.54, 1.807) is 0 Å². The zero-order valence-corrected chi connectivity index (χ0v) is 13.6. The highest BCUT2D eigenvalue weighted by Crippen LogP contribution is 2.34. The molecule has 0 bridgehead atoms. The Bertz CT molecular complexity index is 582. The maximum Gasteiger partial charge on any atom is 0.148 e. The molecule has 1 aromatic heterocycles. The molecule has 2 N–H and O–H groups in total. The van der Waals surface area contributed by atoms with E-state index in [1.807, 2.05) is 24.3 Å². The van der Waals surface area contributed by atoms with Gasteiger partial charge in [-0.1, -0.05) is 30.7 Å². The van der Waals surface area contributed by atoms with Crippen molar-refractivity contribution in [2.24, 2.45) is 5.73 Å². The van der Waals surface area contributed by atoms with Gasteiger partial charge in [-0.05, 0) is 49.6 Å². The van der Waals surface area contributed by atoms with Crippen molar-refractivity contribution in [2.45, 2.75) is 39.3 Å². The Kier molecular flexibility index (Phi) is 5.08. The first kappa shape index (κ1) is 15.4. The Morgan fingerprint density at radius 1 is 1.25 bits per heavy atom. The maximum absolute atomic E-state index is 6.23. The smallest absolute Gasteiger partial charge is 0.148 e. The fourth-order valence-electron chi connectivity index (χ4n) is 2.04. The molecule has 0 saturated heterocycles. The first-order valence-electron chi connectivity index (χ1n) is 6.76. The second kappa shape index (κ2) is 6.61. The van der Waals surface area contributed by atoms with E-state index in [-0.39, 0.29) is 12.1 Å². The van der Waals surface area contributed by atoms with Crippen LogP contribution in [0.15, 0.2) is 30.3 Å². The van der Waals surface area contributed by atoms with E-state index in [1.165, 1.54) is 16.9 Å². The van der Waals surface area contributed by atoms with Crippen molar-refractivity contribution in [2.75, 3.05) is 0 Å².